The number of hydrogen-bond donors (Lipinski definition) is 0. The molecule has 2 radical (unpaired) electrons. The van der Waals surface area contributed by atoms with Crippen molar-refractivity contribution in [3.63, 3.8) is 0 Å². The maximum absolute atomic E-state index is 5.73. The molecule has 0 N–H and O–H groups in total. The number of para-hydroxylation sites is 1. The van der Waals surface area contributed by atoms with Crippen LogP contribution in [0.2, 0.25) is 5.28 Å². The third-order valence-electron chi connectivity index (χ3n) is 2.43. The number of halogens is 1. The van der Waals surface area contributed by atoms with Gasteiger partial charge in [0.25, 0.3) is 0 Å². The number of hydrogen-bond acceptors (Lipinski definition) is 4. The summed E-state index contributed by atoms with van der Waals surface area (Å²) in [6, 6.07) is 5.72. The van der Waals surface area contributed by atoms with E-state index in [4.69, 9.17) is 21.1 Å². The van der Waals surface area contributed by atoms with Crippen LogP contribution in [0.1, 0.15) is 0 Å². The molecule has 4 nitrogen and oxygen atoms in total. The minimum absolute atomic E-state index is 0.231. The van der Waals surface area contributed by atoms with Gasteiger partial charge in [-0.05, 0) is 0 Å². The predicted molar refractivity (Wildman–Crippen MR) is 64.0 cm³/mol. The Balaban J connectivity index is 2.19. The van der Waals surface area contributed by atoms with Gasteiger partial charge in [0, 0.05) is 0 Å². The van der Waals surface area contributed by atoms with E-state index in [0.717, 1.165) is 27.1 Å². The van der Waals surface area contributed by atoms with Crippen LogP contribution in [0.3, 0.4) is 0 Å². The Bertz CT molecular complexity index is 592. The van der Waals surface area contributed by atoms with E-state index in [9.17, 15) is 0 Å². The van der Waals surface area contributed by atoms with Crippen LogP contribution in [0.25, 0.3) is 11.1 Å². The van der Waals surface area contributed by atoms with Crippen molar-refractivity contribution in [3.8, 4) is 22.6 Å². The summed E-state index contributed by atoms with van der Waals surface area (Å²) in [4.78, 5) is 8.10. The van der Waals surface area contributed by atoms with E-state index < -0.39 is 0 Å². The number of ether oxygens (including phenoxy) is 2. The van der Waals surface area contributed by atoms with Gasteiger partial charge in [-0.15, -0.1) is 0 Å². The number of rotatable bonds is 1. The fourth-order valence-electron chi connectivity index (χ4n) is 1.68. The Labute approximate surface area is 111 Å². The Morgan fingerprint density at radius 3 is 2.94 bits per heavy atom. The molecule has 84 valence electrons. The van der Waals surface area contributed by atoms with Crippen molar-refractivity contribution in [2.45, 2.75) is 0 Å². The van der Waals surface area contributed by atoms with Crippen molar-refractivity contribution in [2.75, 3.05) is 6.79 Å². The van der Waals surface area contributed by atoms with E-state index in [-0.39, 0.29) is 12.1 Å². The Morgan fingerprint density at radius 1 is 1.24 bits per heavy atom. The first kappa shape index (κ1) is 10.9. The molecule has 17 heavy (non-hydrogen) atoms. The van der Waals surface area contributed by atoms with E-state index in [2.05, 4.69) is 26.8 Å². The van der Waals surface area contributed by atoms with Crippen LogP contribution in [0.4, 0.5) is 0 Å². The summed E-state index contributed by atoms with van der Waals surface area (Å²) in [5, 5.41) is 0.231. The zero-order valence-electron chi connectivity index (χ0n) is 8.55. The topological polar surface area (TPSA) is 44.2 Å². The first-order chi connectivity index (χ1) is 8.25. The monoisotopic (exact) mass is 308 g/mol. The summed E-state index contributed by atoms with van der Waals surface area (Å²) in [5.41, 5.74) is 1.78. The average molecular weight is 309 g/mol. The summed E-state index contributed by atoms with van der Waals surface area (Å²) in [5.74, 6) is 1.47. The van der Waals surface area contributed by atoms with Crippen LogP contribution in [0.15, 0.2) is 24.4 Å². The third-order valence-corrected chi connectivity index (χ3v) is 3.32. The second kappa shape index (κ2) is 4.20. The van der Waals surface area contributed by atoms with Gasteiger partial charge in [0.05, 0.1) is 0 Å². The number of fused-ring (bicyclic) bond motifs is 1. The SMILES string of the molecule is Clc1ncc(-c2cccc3c2OCO3)c([As])n1. The molecule has 1 aliphatic rings. The van der Waals surface area contributed by atoms with Gasteiger partial charge in [-0.1, -0.05) is 0 Å². The van der Waals surface area contributed by atoms with Crippen molar-refractivity contribution in [3.05, 3.63) is 29.7 Å². The molecule has 0 bridgehead atoms. The van der Waals surface area contributed by atoms with Crippen LogP contribution in [0, 0.1) is 0 Å². The van der Waals surface area contributed by atoms with Crippen molar-refractivity contribution >= 4 is 32.9 Å². The summed E-state index contributed by atoms with van der Waals surface area (Å²) in [6.07, 6.45) is 1.68. The molecular formula is C11H6AsClN2O2. The van der Waals surface area contributed by atoms with E-state index in [1.807, 2.05) is 18.2 Å². The average Bonchev–Trinajstić information content (AvgIpc) is 2.77. The number of nitrogens with zero attached hydrogens (tertiary/aromatic N) is 2. The molecule has 2 aromatic rings. The van der Waals surface area contributed by atoms with Gasteiger partial charge in [0.1, 0.15) is 0 Å². The van der Waals surface area contributed by atoms with Gasteiger partial charge in [0.2, 0.25) is 0 Å². The molecule has 0 aliphatic carbocycles. The first-order valence-electron chi connectivity index (χ1n) is 4.86. The molecule has 0 atom stereocenters. The second-order valence-corrected chi connectivity index (χ2v) is 4.64. The molecule has 2 heterocycles. The molecule has 0 fully saturated rings. The van der Waals surface area contributed by atoms with Gasteiger partial charge in [-0.2, -0.15) is 0 Å². The third kappa shape index (κ3) is 1.88. The summed E-state index contributed by atoms with van der Waals surface area (Å²) in [7, 11) is 0. The van der Waals surface area contributed by atoms with Crippen LogP contribution >= 0.6 is 11.6 Å². The Morgan fingerprint density at radius 2 is 2.12 bits per heavy atom. The van der Waals surface area contributed by atoms with E-state index in [1.165, 1.54) is 0 Å². The molecule has 1 aliphatic heterocycles. The van der Waals surface area contributed by atoms with Crippen molar-refractivity contribution in [1.29, 1.82) is 0 Å². The zero-order valence-corrected chi connectivity index (χ0v) is 11.2. The Hall–Kier alpha value is -1.25. The molecule has 0 saturated heterocycles. The summed E-state index contributed by atoms with van der Waals surface area (Å²) >= 11 is 8.11. The van der Waals surface area contributed by atoms with E-state index >= 15 is 0 Å². The quantitative estimate of drug-likeness (QED) is 0.589. The second-order valence-electron chi connectivity index (χ2n) is 3.42. The van der Waals surface area contributed by atoms with E-state index in [0.29, 0.717) is 0 Å². The van der Waals surface area contributed by atoms with Crippen LogP contribution < -0.4 is 14.0 Å². The normalized spacial score (nSPS) is 12.8. The molecule has 0 saturated carbocycles. The van der Waals surface area contributed by atoms with Crippen molar-refractivity contribution in [2.24, 2.45) is 0 Å². The van der Waals surface area contributed by atoms with Crippen LogP contribution in [0.5, 0.6) is 11.5 Å². The first-order valence-corrected chi connectivity index (χ1v) is 6.18. The van der Waals surface area contributed by atoms with Gasteiger partial charge < -0.3 is 0 Å². The fraction of sp³-hybridized carbons (Fsp3) is 0.0909. The molecular weight excluding hydrogens is 303 g/mol. The van der Waals surface area contributed by atoms with Crippen LogP contribution in [-0.4, -0.2) is 33.6 Å². The summed E-state index contributed by atoms with van der Waals surface area (Å²) < 4.78 is 11.5. The standard InChI is InChI=1S/C11H6AsClN2O2/c12-10-7(4-14-11(13)15-10)6-2-1-3-8-9(6)17-5-16-8/h1-4H,5H2. The van der Waals surface area contributed by atoms with Crippen LogP contribution in [-0.2, 0) is 0 Å². The molecule has 1 aromatic heterocycles. The summed E-state index contributed by atoms with van der Waals surface area (Å²) in [6.45, 7) is 0.245. The van der Waals surface area contributed by atoms with Crippen molar-refractivity contribution in [1.82, 2.24) is 9.97 Å². The van der Waals surface area contributed by atoms with E-state index in [1.54, 1.807) is 6.20 Å². The zero-order chi connectivity index (χ0) is 11.8. The molecule has 3 rings (SSSR count). The molecule has 1 aromatic carbocycles. The molecule has 6 heteroatoms. The molecule has 0 unspecified atom stereocenters. The van der Waals surface area contributed by atoms with Gasteiger partial charge in [-0.25, -0.2) is 0 Å². The number of benzene rings is 1. The van der Waals surface area contributed by atoms with Gasteiger partial charge >= 0.3 is 111 Å². The predicted octanol–water partition coefficient (Wildman–Crippen LogP) is 1.32. The fourth-order valence-corrected chi connectivity index (χ4v) is 2.52. The van der Waals surface area contributed by atoms with Gasteiger partial charge in [-0.3, -0.25) is 0 Å². The Kier molecular flexibility index (Phi) is 2.69. The molecule has 0 amide bonds. The molecule has 0 spiro atoms. The minimum atomic E-state index is 0.231. The van der Waals surface area contributed by atoms with Gasteiger partial charge in [0.15, 0.2) is 0 Å². The maximum atomic E-state index is 5.73. The van der Waals surface area contributed by atoms with Crippen molar-refractivity contribution < 1.29 is 9.47 Å². The number of aromatic nitrogens is 2.